The van der Waals surface area contributed by atoms with Crippen LogP contribution in [0.25, 0.3) is 0 Å². The van der Waals surface area contributed by atoms with Crippen molar-refractivity contribution >= 4 is 11.8 Å². The minimum Gasteiger partial charge on any atom is -0.463 e. The number of ketones is 1. The Kier molecular flexibility index (Phi) is 7.82. The first-order chi connectivity index (χ1) is 11.7. The molecular weight excluding hydrogens is 312 g/mol. The van der Waals surface area contributed by atoms with Gasteiger partial charge in [-0.3, -0.25) is 4.79 Å². The molecule has 0 atom stereocenters. The molecule has 0 aromatic heterocycles. The van der Waals surface area contributed by atoms with E-state index in [1.165, 1.54) is 6.08 Å². The highest BCUT2D eigenvalue weighted by atomic mass is 16.5. The van der Waals surface area contributed by atoms with E-state index in [1.807, 2.05) is 45.1 Å². The van der Waals surface area contributed by atoms with Crippen molar-refractivity contribution < 1.29 is 14.3 Å². The molecule has 0 radical (unpaired) electrons. The average Bonchev–Trinajstić information content (AvgIpc) is 2.51. The van der Waals surface area contributed by atoms with Crippen LogP contribution in [-0.4, -0.2) is 18.4 Å². The lowest BCUT2D eigenvalue weighted by Crippen LogP contribution is -2.24. The van der Waals surface area contributed by atoms with Crippen LogP contribution in [0.5, 0.6) is 0 Å². The number of hydrogen-bond acceptors (Lipinski definition) is 3. The van der Waals surface area contributed by atoms with Crippen molar-refractivity contribution in [1.82, 2.24) is 0 Å². The summed E-state index contributed by atoms with van der Waals surface area (Å²) in [7, 11) is 0. The summed E-state index contributed by atoms with van der Waals surface area (Å²) < 4.78 is 4.88. The van der Waals surface area contributed by atoms with Crippen LogP contribution in [0.15, 0.2) is 58.7 Å². The van der Waals surface area contributed by atoms with E-state index >= 15 is 0 Å². The van der Waals surface area contributed by atoms with Crippen molar-refractivity contribution in [1.29, 1.82) is 0 Å². The van der Waals surface area contributed by atoms with E-state index in [-0.39, 0.29) is 17.2 Å². The lowest BCUT2D eigenvalue weighted by Gasteiger charge is -2.32. The SMILES string of the molecule is CCOC(=O)C=C(C)C=CC=C(C)C=CC1=C(C)C(=O)CCC1(C)C. The van der Waals surface area contributed by atoms with Gasteiger partial charge in [0, 0.05) is 12.5 Å². The van der Waals surface area contributed by atoms with Gasteiger partial charge in [-0.25, -0.2) is 4.79 Å². The zero-order valence-electron chi connectivity index (χ0n) is 16.3. The van der Waals surface area contributed by atoms with E-state index in [2.05, 4.69) is 19.9 Å². The molecule has 3 heteroatoms. The quantitative estimate of drug-likeness (QED) is 0.376. The Bertz CT molecular complexity index is 667. The molecule has 136 valence electrons. The van der Waals surface area contributed by atoms with Crippen LogP contribution in [0.4, 0.5) is 0 Å². The molecule has 25 heavy (non-hydrogen) atoms. The molecule has 1 aliphatic rings. The second-order valence-corrected chi connectivity index (χ2v) is 7.09. The first-order valence-corrected chi connectivity index (χ1v) is 8.80. The molecular formula is C22H30O3. The van der Waals surface area contributed by atoms with E-state index in [1.54, 1.807) is 6.92 Å². The van der Waals surface area contributed by atoms with Crippen LogP contribution in [0.1, 0.15) is 54.4 Å². The van der Waals surface area contributed by atoms with Gasteiger partial charge < -0.3 is 4.74 Å². The maximum atomic E-state index is 12.0. The van der Waals surface area contributed by atoms with Gasteiger partial charge in [0.2, 0.25) is 0 Å². The van der Waals surface area contributed by atoms with Gasteiger partial charge in [-0.1, -0.05) is 49.8 Å². The normalized spacial score (nSPS) is 19.2. The molecule has 1 rings (SSSR count). The Morgan fingerprint density at radius 3 is 2.52 bits per heavy atom. The van der Waals surface area contributed by atoms with Crippen molar-refractivity contribution in [3.63, 3.8) is 0 Å². The minimum absolute atomic E-state index is 0.0313. The summed E-state index contributed by atoms with van der Waals surface area (Å²) in [4.78, 5) is 23.3. The van der Waals surface area contributed by atoms with Gasteiger partial charge >= 0.3 is 5.97 Å². The highest BCUT2D eigenvalue weighted by Crippen LogP contribution is 2.39. The lowest BCUT2D eigenvalue weighted by molar-refractivity contribution is -0.137. The van der Waals surface area contributed by atoms with E-state index in [0.29, 0.717) is 13.0 Å². The number of allylic oxidation sites excluding steroid dienone is 9. The molecule has 0 saturated carbocycles. The highest BCUT2D eigenvalue weighted by Gasteiger charge is 2.30. The largest absolute Gasteiger partial charge is 0.463 e. The fourth-order valence-corrected chi connectivity index (χ4v) is 2.80. The summed E-state index contributed by atoms with van der Waals surface area (Å²) in [6.45, 7) is 12.3. The van der Waals surface area contributed by atoms with Crippen molar-refractivity contribution in [3.8, 4) is 0 Å². The monoisotopic (exact) mass is 342 g/mol. The van der Waals surface area contributed by atoms with Crippen LogP contribution < -0.4 is 0 Å². The standard InChI is InChI=1S/C22H30O3/c1-7-25-21(24)15-17(3)10-8-9-16(2)11-12-19-18(4)20(23)13-14-22(19,5)6/h8-12,15H,7,13-14H2,1-6H3. The van der Waals surface area contributed by atoms with Crippen molar-refractivity contribution in [2.45, 2.75) is 54.4 Å². The Morgan fingerprint density at radius 1 is 1.20 bits per heavy atom. The molecule has 1 aliphatic carbocycles. The lowest BCUT2D eigenvalue weighted by atomic mass is 9.72. The fraction of sp³-hybridized carbons (Fsp3) is 0.455. The van der Waals surface area contributed by atoms with Gasteiger partial charge in [0.15, 0.2) is 5.78 Å². The molecule has 0 heterocycles. The van der Waals surface area contributed by atoms with Crippen LogP contribution >= 0.6 is 0 Å². The molecule has 0 bridgehead atoms. The Hall–Kier alpha value is -2.16. The zero-order chi connectivity index (χ0) is 19.0. The highest BCUT2D eigenvalue weighted by molar-refractivity contribution is 5.97. The number of ether oxygens (including phenoxy) is 1. The number of rotatable bonds is 6. The molecule has 0 spiro atoms. The predicted octanol–water partition coefficient (Wildman–Crippen LogP) is 5.26. The van der Waals surface area contributed by atoms with Crippen LogP contribution in [0, 0.1) is 5.41 Å². The Balaban J connectivity index is 2.82. The van der Waals surface area contributed by atoms with E-state index < -0.39 is 0 Å². The fourth-order valence-electron chi connectivity index (χ4n) is 2.80. The third-order valence-corrected chi connectivity index (χ3v) is 4.39. The average molecular weight is 342 g/mol. The topological polar surface area (TPSA) is 43.4 Å². The summed E-state index contributed by atoms with van der Waals surface area (Å²) in [6.07, 6.45) is 12.9. The molecule has 0 saturated heterocycles. The first-order valence-electron chi connectivity index (χ1n) is 8.80. The van der Waals surface area contributed by atoms with Crippen molar-refractivity contribution in [2.24, 2.45) is 5.41 Å². The van der Waals surface area contributed by atoms with Gasteiger partial charge in [0.1, 0.15) is 0 Å². The van der Waals surface area contributed by atoms with E-state index in [9.17, 15) is 9.59 Å². The number of carbonyl (C=O) groups is 2. The maximum absolute atomic E-state index is 12.0. The first kappa shape index (κ1) is 20.9. The summed E-state index contributed by atoms with van der Waals surface area (Å²) in [5.74, 6) is -0.0721. The third kappa shape index (κ3) is 6.69. The molecule has 0 aliphatic heterocycles. The number of hydrogen-bond donors (Lipinski definition) is 0. The zero-order valence-corrected chi connectivity index (χ0v) is 16.3. The molecule has 0 amide bonds. The number of esters is 1. The van der Waals surface area contributed by atoms with E-state index in [4.69, 9.17) is 4.74 Å². The van der Waals surface area contributed by atoms with Crippen LogP contribution in [0.3, 0.4) is 0 Å². The number of Topliss-reactive ketones (excluding diaryl/α,β-unsaturated/α-hetero) is 1. The van der Waals surface area contributed by atoms with Crippen LogP contribution in [0.2, 0.25) is 0 Å². The van der Waals surface area contributed by atoms with Crippen LogP contribution in [-0.2, 0) is 14.3 Å². The second-order valence-electron chi connectivity index (χ2n) is 7.09. The molecule has 0 N–H and O–H groups in total. The van der Waals surface area contributed by atoms with Gasteiger partial charge in [-0.05, 0) is 56.3 Å². The third-order valence-electron chi connectivity index (χ3n) is 4.39. The van der Waals surface area contributed by atoms with Crippen molar-refractivity contribution in [3.05, 3.63) is 58.7 Å². The summed E-state index contributed by atoms with van der Waals surface area (Å²) in [5, 5.41) is 0. The molecule has 0 aromatic carbocycles. The summed E-state index contributed by atoms with van der Waals surface area (Å²) in [5.41, 5.74) is 3.95. The molecule has 0 aromatic rings. The predicted molar refractivity (Wildman–Crippen MR) is 103 cm³/mol. The minimum atomic E-state index is -0.322. The molecule has 3 nitrogen and oxygen atoms in total. The Labute approximate surface area is 151 Å². The maximum Gasteiger partial charge on any atom is 0.330 e. The Morgan fingerprint density at radius 2 is 1.88 bits per heavy atom. The summed E-state index contributed by atoms with van der Waals surface area (Å²) >= 11 is 0. The van der Waals surface area contributed by atoms with Gasteiger partial charge in [0.25, 0.3) is 0 Å². The summed E-state index contributed by atoms with van der Waals surface area (Å²) in [6, 6.07) is 0. The molecule has 0 unspecified atom stereocenters. The van der Waals surface area contributed by atoms with E-state index in [0.717, 1.165) is 28.7 Å². The number of carbonyl (C=O) groups excluding carboxylic acids is 2. The van der Waals surface area contributed by atoms with Gasteiger partial charge in [-0.2, -0.15) is 0 Å². The van der Waals surface area contributed by atoms with Gasteiger partial charge in [-0.15, -0.1) is 0 Å². The van der Waals surface area contributed by atoms with Crippen molar-refractivity contribution in [2.75, 3.05) is 6.61 Å². The second kappa shape index (κ2) is 9.36. The van der Waals surface area contributed by atoms with Gasteiger partial charge in [0.05, 0.1) is 6.61 Å². The smallest absolute Gasteiger partial charge is 0.330 e. The molecule has 0 fully saturated rings.